The Balaban J connectivity index is 1.38. The van der Waals surface area contributed by atoms with Gasteiger partial charge in [0.2, 0.25) is 0 Å². The van der Waals surface area contributed by atoms with Gasteiger partial charge in [-0.3, -0.25) is 9.69 Å². The van der Waals surface area contributed by atoms with Gasteiger partial charge in [0.05, 0.1) is 28.0 Å². The van der Waals surface area contributed by atoms with Gasteiger partial charge in [0.1, 0.15) is 11.3 Å². The average Bonchev–Trinajstić information content (AvgIpc) is 3.07. The standard InChI is InChI=1S/C25H29N3O5/c1-31-19-6-7-20-17(11-19)5-4-9-25(20)23(29)28(24(30)26-25)15-27-10-8-16-12-21(32-2)22(33-3)13-18(16)14-27/h6-7,11-13H,4-5,8-10,14-15H2,1-3H3,(H,26,30)/t25-/m0/s1. The van der Waals surface area contributed by atoms with Crippen molar-refractivity contribution in [1.29, 1.82) is 0 Å². The highest BCUT2D eigenvalue weighted by Crippen LogP contribution is 2.41. The second-order valence-electron chi connectivity index (χ2n) is 8.87. The molecule has 2 aliphatic heterocycles. The molecular weight excluding hydrogens is 422 g/mol. The minimum absolute atomic E-state index is 0.170. The van der Waals surface area contributed by atoms with Crippen molar-refractivity contribution in [2.45, 2.75) is 37.8 Å². The molecule has 1 aliphatic carbocycles. The number of methoxy groups -OCH3 is 3. The molecule has 3 amide bonds. The lowest BCUT2D eigenvalue weighted by molar-refractivity contribution is -0.133. The second-order valence-corrected chi connectivity index (χ2v) is 8.87. The number of urea groups is 1. The van der Waals surface area contributed by atoms with E-state index in [-0.39, 0.29) is 18.6 Å². The summed E-state index contributed by atoms with van der Waals surface area (Å²) < 4.78 is 16.2. The fourth-order valence-electron chi connectivity index (χ4n) is 5.37. The first-order chi connectivity index (χ1) is 16.0. The Morgan fingerprint density at radius 1 is 0.939 bits per heavy atom. The Morgan fingerprint density at radius 2 is 1.70 bits per heavy atom. The van der Waals surface area contributed by atoms with Crippen LogP contribution in [0.1, 0.15) is 35.1 Å². The average molecular weight is 452 g/mol. The number of carbonyl (C=O) groups is 2. The van der Waals surface area contributed by atoms with Crippen molar-refractivity contribution in [2.24, 2.45) is 0 Å². The Bertz CT molecular complexity index is 1120. The van der Waals surface area contributed by atoms with E-state index in [0.29, 0.717) is 24.5 Å². The summed E-state index contributed by atoms with van der Waals surface area (Å²) in [6.07, 6.45) is 3.12. The first-order valence-electron chi connectivity index (χ1n) is 11.3. The van der Waals surface area contributed by atoms with Gasteiger partial charge in [-0.05, 0) is 72.2 Å². The van der Waals surface area contributed by atoms with Gasteiger partial charge in [0.25, 0.3) is 5.91 Å². The van der Waals surface area contributed by atoms with E-state index in [1.165, 1.54) is 10.5 Å². The highest BCUT2D eigenvalue weighted by Gasteiger charge is 2.54. The third-order valence-corrected chi connectivity index (χ3v) is 7.08. The number of benzene rings is 2. The monoisotopic (exact) mass is 451 g/mol. The Morgan fingerprint density at radius 3 is 2.42 bits per heavy atom. The Labute approximate surface area is 193 Å². The van der Waals surface area contributed by atoms with Crippen LogP contribution in [0.2, 0.25) is 0 Å². The van der Waals surface area contributed by atoms with Crippen molar-refractivity contribution in [3.8, 4) is 17.2 Å². The molecular formula is C25H29N3O5. The minimum atomic E-state index is -0.985. The lowest BCUT2D eigenvalue weighted by atomic mass is 9.76. The van der Waals surface area contributed by atoms with Crippen LogP contribution in [0.15, 0.2) is 30.3 Å². The normalized spacial score (nSPS) is 22.1. The summed E-state index contributed by atoms with van der Waals surface area (Å²) in [4.78, 5) is 30.2. The van der Waals surface area contributed by atoms with E-state index < -0.39 is 5.54 Å². The van der Waals surface area contributed by atoms with Crippen molar-refractivity contribution >= 4 is 11.9 Å². The molecule has 174 valence electrons. The van der Waals surface area contributed by atoms with E-state index >= 15 is 0 Å². The van der Waals surface area contributed by atoms with Gasteiger partial charge in [-0.25, -0.2) is 9.69 Å². The molecule has 1 atom stereocenters. The molecule has 0 radical (unpaired) electrons. The third-order valence-electron chi connectivity index (χ3n) is 7.08. The first-order valence-corrected chi connectivity index (χ1v) is 11.3. The summed E-state index contributed by atoms with van der Waals surface area (Å²) in [6, 6.07) is 9.42. The number of hydrogen-bond donors (Lipinski definition) is 1. The maximum atomic E-state index is 13.7. The predicted octanol–water partition coefficient (Wildman–Crippen LogP) is 2.81. The molecule has 8 heteroatoms. The first kappa shape index (κ1) is 21.6. The van der Waals surface area contributed by atoms with E-state index in [9.17, 15) is 9.59 Å². The van der Waals surface area contributed by atoms with Crippen LogP contribution in [-0.2, 0) is 29.7 Å². The van der Waals surface area contributed by atoms with Gasteiger partial charge in [-0.1, -0.05) is 6.07 Å². The van der Waals surface area contributed by atoms with E-state index in [2.05, 4.69) is 10.2 Å². The molecule has 5 rings (SSSR count). The van der Waals surface area contributed by atoms with Crippen LogP contribution in [0.25, 0.3) is 0 Å². The van der Waals surface area contributed by atoms with Gasteiger partial charge in [0, 0.05) is 13.1 Å². The number of carbonyl (C=O) groups excluding carboxylic acids is 2. The molecule has 1 fully saturated rings. The summed E-state index contributed by atoms with van der Waals surface area (Å²) >= 11 is 0. The molecule has 2 aromatic carbocycles. The highest BCUT2D eigenvalue weighted by molar-refractivity contribution is 6.07. The van der Waals surface area contributed by atoms with Crippen molar-refractivity contribution in [2.75, 3.05) is 34.5 Å². The van der Waals surface area contributed by atoms with Gasteiger partial charge < -0.3 is 19.5 Å². The van der Waals surface area contributed by atoms with Crippen LogP contribution < -0.4 is 19.5 Å². The number of amides is 3. The van der Waals surface area contributed by atoms with Crippen LogP contribution in [0.3, 0.4) is 0 Å². The molecule has 33 heavy (non-hydrogen) atoms. The summed E-state index contributed by atoms with van der Waals surface area (Å²) in [6.45, 7) is 1.64. The SMILES string of the molecule is COc1ccc2c(c1)CCC[C@]21NC(=O)N(CN2CCc3cc(OC)c(OC)cc3C2)C1=O. The maximum Gasteiger partial charge on any atom is 0.326 e. The van der Waals surface area contributed by atoms with Crippen molar-refractivity contribution in [1.82, 2.24) is 15.1 Å². The van der Waals surface area contributed by atoms with Crippen LogP contribution in [0.5, 0.6) is 17.2 Å². The van der Waals surface area contributed by atoms with Crippen LogP contribution in [-0.4, -0.2) is 56.3 Å². The zero-order valence-electron chi connectivity index (χ0n) is 19.3. The number of hydrogen-bond acceptors (Lipinski definition) is 6. The molecule has 0 aromatic heterocycles. The number of fused-ring (bicyclic) bond motifs is 3. The zero-order valence-corrected chi connectivity index (χ0v) is 19.3. The summed E-state index contributed by atoms with van der Waals surface area (Å²) in [5.41, 5.74) is 3.28. The lowest BCUT2D eigenvalue weighted by Gasteiger charge is -2.34. The molecule has 2 aromatic rings. The van der Waals surface area contributed by atoms with E-state index in [1.54, 1.807) is 21.3 Å². The number of ether oxygens (including phenoxy) is 3. The number of nitrogens with zero attached hydrogens (tertiary/aromatic N) is 2. The molecule has 0 bridgehead atoms. The van der Waals surface area contributed by atoms with Crippen molar-refractivity contribution in [3.63, 3.8) is 0 Å². The lowest BCUT2D eigenvalue weighted by Crippen LogP contribution is -2.48. The molecule has 1 spiro atoms. The zero-order chi connectivity index (χ0) is 23.2. The minimum Gasteiger partial charge on any atom is -0.497 e. The largest absolute Gasteiger partial charge is 0.497 e. The summed E-state index contributed by atoms with van der Waals surface area (Å²) in [5.74, 6) is 1.99. The summed E-state index contributed by atoms with van der Waals surface area (Å²) in [5, 5.41) is 3.04. The fraction of sp³-hybridized carbons (Fsp3) is 0.440. The number of nitrogens with one attached hydrogen (secondary N) is 1. The summed E-state index contributed by atoms with van der Waals surface area (Å²) in [7, 11) is 4.88. The molecule has 1 N–H and O–H groups in total. The topological polar surface area (TPSA) is 80.3 Å². The fourth-order valence-corrected chi connectivity index (χ4v) is 5.37. The molecule has 1 saturated heterocycles. The van der Waals surface area contributed by atoms with E-state index in [0.717, 1.165) is 48.2 Å². The molecule has 0 unspecified atom stereocenters. The maximum absolute atomic E-state index is 13.7. The Kier molecular flexibility index (Phi) is 5.40. The number of imide groups is 1. The quantitative estimate of drug-likeness (QED) is 0.705. The molecule has 0 saturated carbocycles. The number of aryl methyl sites for hydroxylation is 1. The second kappa shape index (κ2) is 8.26. The van der Waals surface area contributed by atoms with Crippen molar-refractivity contribution in [3.05, 3.63) is 52.6 Å². The van der Waals surface area contributed by atoms with Crippen molar-refractivity contribution < 1.29 is 23.8 Å². The highest BCUT2D eigenvalue weighted by atomic mass is 16.5. The van der Waals surface area contributed by atoms with E-state index in [4.69, 9.17) is 14.2 Å². The Hall–Kier alpha value is -3.26. The van der Waals surface area contributed by atoms with Gasteiger partial charge in [0.15, 0.2) is 11.5 Å². The van der Waals surface area contributed by atoms with Crippen LogP contribution in [0.4, 0.5) is 4.79 Å². The van der Waals surface area contributed by atoms with Gasteiger partial charge >= 0.3 is 6.03 Å². The number of rotatable bonds is 5. The third kappa shape index (κ3) is 3.49. The molecule has 3 aliphatic rings. The van der Waals surface area contributed by atoms with Crippen LogP contribution in [0, 0.1) is 0 Å². The van der Waals surface area contributed by atoms with E-state index in [1.807, 2.05) is 30.3 Å². The molecule has 8 nitrogen and oxygen atoms in total. The van der Waals surface area contributed by atoms with Crippen LogP contribution >= 0.6 is 0 Å². The molecule has 2 heterocycles. The van der Waals surface area contributed by atoms with Gasteiger partial charge in [-0.15, -0.1) is 0 Å². The smallest absolute Gasteiger partial charge is 0.326 e. The predicted molar refractivity (Wildman–Crippen MR) is 122 cm³/mol. The van der Waals surface area contributed by atoms with Gasteiger partial charge in [-0.2, -0.15) is 0 Å².